The number of ether oxygens (including phenoxy) is 1. The molecule has 31 heavy (non-hydrogen) atoms. The molecule has 1 aliphatic carbocycles. The summed E-state index contributed by atoms with van der Waals surface area (Å²) in [7, 11) is 1.95. The summed E-state index contributed by atoms with van der Waals surface area (Å²) in [5.41, 5.74) is 5.28. The Morgan fingerprint density at radius 1 is 1.19 bits per heavy atom. The molecule has 7 heteroatoms. The monoisotopic (exact) mass is 415 g/mol. The minimum atomic E-state index is -0.0687. The van der Waals surface area contributed by atoms with Gasteiger partial charge < -0.3 is 14.6 Å². The van der Waals surface area contributed by atoms with Crippen LogP contribution in [0.25, 0.3) is 33.1 Å². The van der Waals surface area contributed by atoms with Gasteiger partial charge in [0.1, 0.15) is 17.4 Å². The van der Waals surface area contributed by atoms with Crippen molar-refractivity contribution in [2.75, 3.05) is 6.54 Å². The Hall–Kier alpha value is -3.35. The van der Waals surface area contributed by atoms with E-state index >= 15 is 0 Å². The summed E-state index contributed by atoms with van der Waals surface area (Å²) in [4.78, 5) is 16.4. The average Bonchev–Trinajstić information content (AvgIpc) is 3.18. The fourth-order valence-electron chi connectivity index (χ4n) is 4.62. The highest BCUT2D eigenvalue weighted by Gasteiger charge is 2.30. The Bertz CT molecular complexity index is 1320. The van der Waals surface area contributed by atoms with E-state index in [0.29, 0.717) is 19.0 Å². The van der Waals surface area contributed by atoms with E-state index < -0.39 is 0 Å². The number of hydrogen-bond acceptors (Lipinski definition) is 4. The molecule has 2 aromatic carbocycles. The number of fused-ring (bicyclic) bond motifs is 2. The summed E-state index contributed by atoms with van der Waals surface area (Å²) in [5, 5.41) is 8.39. The number of carbonyl (C=O) groups excluding carboxylic acids is 1. The molecule has 2 aromatic heterocycles. The van der Waals surface area contributed by atoms with Crippen LogP contribution in [0.2, 0.25) is 0 Å². The summed E-state index contributed by atoms with van der Waals surface area (Å²) in [5.74, 6) is 1.12. The fraction of sp³-hybridized carbons (Fsp3) is 0.375. The second-order valence-electron chi connectivity index (χ2n) is 8.86. The predicted molar refractivity (Wildman–Crippen MR) is 119 cm³/mol. The number of aromatic nitrogens is 4. The number of nitrogens with zero attached hydrogens (tertiary/aromatic N) is 4. The maximum Gasteiger partial charge on any atom is 0.220 e. The van der Waals surface area contributed by atoms with E-state index in [-0.39, 0.29) is 17.9 Å². The summed E-state index contributed by atoms with van der Waals surface area (Å²) in [6, 6.07) is 11.2. The van der Waals surface area contributed by atoms with Gasteiger partial charge in [-0.25, -0.2) is 4.98 Å². The van der Waals surface area contributed by atoms with Crippen LogP contribution in [-0.2, 0) is 11.8 Å². The Morgan fingerprint density at radius 2 is 2.06 bits per heavy atom. The zero-order valence-electron chi connectivity index (χ0n) is 17.7. The molecule has 2 atom stereocenters. The summed E-state index contributed by atoms with van der Waals surface area (Å²) < 4.78 is 10.7. The van der Waals surface area contributed by atoms with Crippen molar-refractivity contribution < 1.29 is 9.53 Å². The van der Waals surface area contributed by atoms with Gasteiger partial charge >= 0.3 is 0 Å². The SMILES string of the molecule is CC(Oc1cc(-c2ccc3c(cnn3C)c2)cc2ncn(C3CC3)c12)[C@H]1CNC(=O)C1. The minimum Gasteiger partial charge on any atom is -0.488 e. The molecule has 1 saturated carbocycles. The quantitative estimate of drug-likeness (QED) is 0.538. The second-order valence-corrected chi connectivity index (χ2v) is 8.86. The largest absolute Gasteiger partial charge is 0.488 e. The third-order valence-corrected chi connectivity index (χ3v) is 6.64. The standard InChI is InChI=1S/C24H25N5O2/c1-14(17-10-23(30)25-11-17)31-22-9-16(8-20-24(22)29(13-26-20)19-4-5-19)15-3-6-21-18(7-15)12-27-28(21)2/h3,6-9,12-14,17,19H,4-5,10-11H2,1-2H3,(H,25,30)/t14?,17-/m1/s1. The van der Waals surface area contributed by atoms with E-state index in [1.165, 1.54) is 12.8 Å². The van der Waals surface area contributed by atoms with Crippen LogP contribution in [-0.4, -0.2) is 37.9 Å². The summed E-state index contributed by atoms with van der Waals surface area (Å²) in [6.07, 6.45) is 6.64. The molecule has 1 saturated heterocycles. The molecule has 6 rings (SSSR count). The van der Waals surface area contributed by atoms with Crippen LogP contribution in [0.4, 0.5) is 0 Å². The third kappa shape index (κ3) is 3.15. The van der Waals surface area contributed by atoms with Gasteiger partial charge in [-0.05, 0) is 55.2 Å². The number of carbonyl (C=O) groups is 1. The normalized spacial score (nSPS) is 19.8. The molecule has 4 aromatic rings. The summed E-state index contributed by atoms with van der Waals surface area (Å²) in [6.45, 7) is 2.73. The van der Waals surface area contributed by atoms with Crippen LogP contribution in [0.1, 0.15) is 32.2 Å². The number of amides is 1. The van der Waals surface area contributed by atoms with Crippen LogP contribution < -0.4 is 10.1 Å². The van der Waals surface area contributed by atoms with Crippen molar-refractivity contribution in [3.63, 3.8) is 0 Å². The van der Waals surface area contributed by atoms with Crippen molar-refractivity contribution in [3.8, 4) is 16.9 Å². The van der Waals surface area contributed by atoms with Crippen molar-refractivity contribution in [1.82, 2.24) is 24.6 Å². The maximum atomic E-state index is 11.7. The van der Waals surface area contributed by atoms with Gasteiger partial charge in [0.25, 0.3) is 0 Å². The predicted octanol–water partition coefficient (Wildman–Crippen LogP) is 3.83. The molecule has 1 amide bonds. The lowest BCUT2D eigenvalue weighted by Crippen LogP contribution is -2.25. The first-order valence-electron chi connectivity index (χ1n) is 10.9. The van der Waals surface area contributed by atoms with Gasteiger partial charge in [0.05, 0.1) is 23.6 Å². The highest BCUT2D eigenvalue weighted by Crippen LogP contribution is 2.42. The number of imidazole rings is 1. The van der Waals surface area contributed by atoms with Crippen molar-refractivity contribution >= 4 is 27.8 Å². The summed E-state index contributed by atoms with van der Waals surface area (Å²) >= 11 is 0. The van der Waals surface area contributed by atoms with Crippen molar-refractivity contribution in [2.24, 2.45) is 13.0 Å². The molecular formula is C24H25N5O2. The minimum absolute atomic E-state index is 0.0687. The topological polar surface area (TPSA) is 74.0 Å². The Balaban J connectivity index is 1.44. The first-order valence-corrected chi connectivity index (χ1v) is 10.9. The zero-order chi connectivity index (χ0) is 21.1. The van der Waals surface area contributed by atoms with Gasteiger partial charge in [0, 0.05) is 37.4 Å². The maximum absolute atomic E-state index is 11.7. The fourth-order valence-corrected chi connectivity index (χ4v) is 4.62. The molecule has 7 nitrogen and oxygen atoms in total. The van der Waals surface area contributed by atoms with Gasteiger partial charge in [0.15, 0.2) is 0 Å². The van der Waals surface area contributed by atoms with Gasteiger partial charge in [-0.1, -0.05) is 6.07 Å². The Labute approximate surface area is 180 Å². The molecule has 0 radical (unpaired) electrons. The highest BCUT2D eigenvalue weighted by molar-refractivity contribution is 5.91. The zero-order valence-corrected chi connectivity index (χ0v) is 17.7. The molecule has 1 N–H and O–H groups in total. The smallest absolute Gasteiger partial charge is 0.220 e. The van der Waals surface area contributed by atoms with E-state index in [1.807, 2.05) is 24.3 Å². The molecule has 1 aliphatic heterocycles. The molecule has 158 valence electrons. The molecular weight excluding hydrogens is 390 g/mol. The van der Waals surface area contributed by atoms with Crippen LogP contribution in [0.15, 0.2) is 42.9 Å². The second kappa shape index (κ2) is 6.83. The lowest BCUT2D eigenvalue weighted by Gasteiger charge is -2.21. The number of aryl methyl sites for hydroxylation is 1. The first-order chi connectivity index (χ1) is 15.1. The molecule has 1 unspecified atom stereocenters. The lowest BCUT2D eigenvalue weighted by molar-refractivity contribution is -0.119. The van der Waals surface area contributed by atoms with E-state index in [1.54, 1.807) is 0 Å². The highest BCUT2D eigenvalue weighted by atomic mass is 16.5. The lowest BCUT2D eigenvalue weighted by atomic mass is 10.0. The van der Waals surface area contributed by atoms with Gasteiger partial charge in [-0.3, -0.25) is 9.48 Å². The average molecular weight is 415 g/mol. The van der Waals surface area contributed by atoms with Gasteiger partial charge in [-0.2, -0.15) is 5.10 Å². The molecule has 0 bridgehead atoms. The molecule has 2 fully saturated rings. The molecule has 3 heterocycles. The number of hydrogen-bond donors (Lipinski definition) is 1. The number of benzene rings is 2. The third-order valence-electron chi connectivity index (χ3n) is 6.64. The number of nitrogens with one attached hydrogen (secondary N) is 1. The molecule has 0 spiro atoms. The Kier molecular flexibility index (Phi) is 4.06. The van der Waals surface area contributed by atoms with Gasteiger partial charge in [-0.15, -0.1) is 0 Å². The van der Waals surface area contributed by atoms with E-state index in [9.17, 15) is 4.79 Å². The Morgan fingerprint density at radius 3 is 2.84 bits per heavy atom. The van der Waals surface area contributed by atoms with E-state index in [2.05, 4.69) is 52.2 Å². The van der Waals surface area contributed by atoms with E-state index in [4.69, 9.17) is 9.72 Å². The van der Waals surface area contributed by atoms with Crippen LogP contribution in [0, 0.1) is 5.92 Å². The number of rotatable bonds is 5. The van der Waals surface area contributed by atoms with Crippen LogP contribution in [0.3, 0.4) is 0 Å². The van der Waals surface area contributed by atoms with Crippen molar-refractivity contribution in [1.29, 1.82) is 0 Å². The van der Waals surface area contributed by atoms with Crippen LogP contribution in [0.5, 0.6) is 5.75 Å². The van der Waals surface area contributed by atoms with Crippen molar-refractivity contribution in [2.45, 2.75) is 38.3 Å². The first kappa shape index (κ1) is 18.4. The van der Waals surface area contributed by atoms with E-state index in [0.717, 1.165) is 38.8 Å². The van der Waals surface area contributed by atoms with Crippen LogP contribution >= 0.6 is 0 Å². The molecule has 2 aliphatic rings. The van der Waals surface area contributed by atoms with Crippen molar-refractivity contribution in [3.05, 3.63) is 42.9 Å². The van der Waals surface area contributed by atoms with Gasteiger partial charge in [0.2, 0.25) is 5.91 Å².